The number of likely N-dealkylation sites (N-methyl/N-ethyl adjacent to an activating group) is 1. The second-order valence-corrected chi connectivity index (χ2v) is 3.59. The fraction of sp³-hybridized carbons (Fsp3) is 0.889. The number of carbonyl (C=O) groups is 1. The molecule has 0 bridgehead atoms. The highest BCUT2D eigenvalue weighted by atomic mass is 16.1. The lowest BCUT2D eigenvalue weighted by Crippen LogP contribution is -2.36. The van der Waals surface area contributed by atoms with Crippen LogP contribution in [0.1, 0.15) is 13.3 Å². The first-order valence-electron chi connectivity index (χ1n) is 4.86. The molecule has 1 amide bonds. The zero-order chi connectivity index (χ0) is 9.68. The topological polar surface area (TPSA) is 44.4 Å². The fourth-order valence-electron chi connectivity index (χ4n) is 1.71. The number of hydrogen-bond donors (Lipinski definition) is 2. The zero-order valence-corrected chi connectivity index (χ0v) is 8.47. The molecule has 0 aromatic heterocycles. The van der Waals surface area contributed by atoms with Crippen molar-refractivity contribution in [3.63, 3.8) is 0 Å². The molecule has 4 heteroatoms. The Bertz CT molecular complexity index is 172. The number of hydrogen-bond acceptors (Lipinski definition) is 3. The molecule has 1 aliphatic rings. The Kier molecular flexibility index (Phi) is 4.18. The molecule has 0 spiro atoms. The van der Waals surface area contributed by atoms with Crippen LogP contribution in [-0.4, -0.2) is 50.1 Å². The van der Waals surface area contributed by atoms with Crippen molar-refractivity contribution in [1.29, 1.82) is 0 Å². The van der Waals surface area contributed by atoms with E-state index in [-0.39, 0.29) is 5.91 Å². The molecule has 0 aliphatic carbocycles. The molecule has 2 N–H and O–H groups in total. The number of amides is 1. The number of carbonyl (C=O) groups excluding carboxylic acids is 1. The van der Waals surface area contributed by atoms with Gasteiger partial charge in [-0.1, -0.05) is 0 Å². The Hall–Kier alpha value is -0.610. The second kappa shape index (κ2) is 5.19. The highest BCUT2D eigenvalue weighted by molar-refractivity contribution is 5.73. The standard InChI is InChI=1S/C9H19N3O/c1-8(13)11-9-3-5-12(7-9)6-4-10-2/h9-10H,3-7H2,1-2H3,(H,11,13). The van der Waals surface area contributed by atoms with E-state index in [1.807, 2.05) is 7.05 Å². The summed E-state index contributed by atoms with van der Waals surface area (Å²) in [4.78, 5) is 13.2. The van der Waals surface area contributed by atoms with E-state index in [4.69, 9.17) is 0 Å². The third-order valence-electron chi connectivity index (χ3n) is 2.36. The molecule has 1 unspecified atom stereocenters. The minimum atomic E-state index is 0.0838. The summed E-state index contributed by atoms with van der Waals surface area (Å²) in [5.74, 6) is 0.0838. The lowest BCUT2D eigenvalue weighted by Gasteiger charge is -2.15. The second-order valence-electron chi connectivity index (χ2n) is 3.59. The van der Waals surface area contributed by atoms with Crippen LogP contribution in [0.15, 0.2) is 0 Å². The molecule has 0 aromatic carbocycles. The van der Waals surface area contributed by atoms with Crippen molar-refractivity contribution in [3.05, 3.63) is 0 Å². The van der Waals surface area contributed by atoms with E-state index in [0.29, 0.717) is 6.04 Å². The first kappa shape index (κ1) is 10.5. The van der Waals surface area contributed by atoms with Crippen LogP contribution in [0.2, 0.25) is 0 Å². The smallest absolute Gasteiger partial charge is 0.217 e. The van der Waals surface area contributed by atoms with Crippen molar-refractivity contribution in [2.75, 3.05) is 33.2 Å². The largest absolute Gasteiger partial charge is 0.352 e. The van der Waals surface area contributed by atoms with E-state index in [9.17, 15) is 4.79 Å². The van der Waals surface area contributed by atoms with Gasteiger partial charge in [-0.15, -0.1) is 0 Å². The fourth-order valence-corrected chi connectivity index (χ4v) is 1.71. The Labute approximate surface area is 79.7 Å². The maximum atomic E-state index is 10.8. The molecular weight excluding hydrogens is 166 g/mol. The molecule has 76 valence electrons. The Morgan fingerprint density at radius 1 is 1.62 bits per heavy atom. The summed E-state index contributed by atoms with van der Waals surface area (Å²) in [6.45, 7) is 5.78. The number of nitrogens with zero attached hydrogens (tertiary/aromatic N) is 1. The van der Waals surface area contributed by atoms with Gasteiger partial charge in [0.2, 0.25) is 5.91 Å². The molecule has 1 aliphatic heterocycles. The van der Waals surface area contributed by atoms with E-state index >= 15 is 0 Å². The predicted octanol–water partition coefficient (Wildman–Crippen LogP) is -0.584. The van der Waals surface area contributed by atoms with Crippen LogP contribution < -0.4 is 10.6 Å². The van der Waals surface area contributed by atoms with Gasteiger partial charge < -0.3 is 10.6 Å². The van der Waals surface area contributed by atoms with Crippen LogP contribution >= 0.6 is 0 Å². The molecule has 0 radical (unpaired) electrons. The van der Waals surface area contributed by atoms with Crippen LogP contribution in [0.5, 0.6) is 0 Å². The summed E-state index contributed by atoms with van der Waals surface area (Å²) in [7, 11) is 1.96. The normalized spacial score (nSPS) is 23.4. The predicted molar refractivity (Wildman–Crippen MR) is 52.6 cm³/mol. The lowest BCUT2D eigenvalue weighted by atomic mass is 10.3. The van der Waals surface area contributed by atoms with Crippen molar-refractivity contribution in [1.82, 2.24) is 15.5 Å². The number of rotatable bonds is 4. The third-order valence-corrected chi connectivity index (χ3v) is 2.36. The molecule has 0 saturated carbocycles. The zero-order valence-electron chi connectivity index (χ0n) is 8.47. The van der Waals surface area contributed by atoms with Crippen molar-refractivity contribution in [2.24, 2.45) is 0 Å². The van der Waals surface area contributed by atoms with Crippen molar-refractivity contribution >= 4 is 5.91 Å². The maximum Gasteiger partial charge on any atom is 0.217 e. The number of nitrogens with one attached hydrogen (secondary N) is 2. The minimum Gasteiger partial charge on any atom is -0.352 e. The Morgan fingerprint density at radius 2 is 2.38 bits per heavy atom. The molecule has 1 rings (SSSR count). The van der Waals surface area contributed by atoms with Gasteiger partial charge in [0, 0.05) is 39.1 Å². The lowest BCUT2D eigenvalue weighted by molar-refractivity contribution is -0.119. The van der Waals surface area contributed by atoms with Crippen LogP contribution in [0, 0.1) is 0 Å². The van der Waals surface area contributed by atoms with Crippen molar-refractivity contribution < 1.29 is 4.79 Å². The first-order valence-corrected chi connectivity index (χ1v) is 4.86. The van der Waals surface area contributed by atoms with Gasteiger partial charge in [-0.2, -0.15) is 0 Å². The van der Waals surface area contributed by atoms with E-state index in [0.717, 1.165) is 32.6 Å². The Balaban J connectivity index is 2.16. The van der Waals surface area contributed by atoms with Gasteiger partial charge >= 0.3 is 0 Å². The van der Waals surface area contributed by atoms with Crippen LogP contribution in [0.25, 0.3) is 0 Å². The van der Waals surface area contributed by atoms with E-state index in [2.05, 4.69) is 15.5 Å². The van der Waals surface area contributed by atoms with Gasteiger partial charge in [0.05, 0.1) is 0 Å². The van der Waals surface area contributed by atoms with Crippen molar-refractivity contribution in [3.8, 4) is 0 Å². The van der Waals surface area contributed by atoms with Crippen molar-refractivity contribution in [2.45, 2.75) is 19.4 Å². The molecule has 4 nitrogen and oxygen atoms in total. The van der Waals surface area contributed by atoms with Gasteiger partial charge in [0.1, 0.15) is 0 Å². The summed E-state index contributed by atoms with van der Waals surface area (Å²) in [5, 5.41) is 6.07. The SMILES string of the molecule is CNCCN1CCC(NC(C)=O)C1. The molecular formula is C9H19N3O. The summed E-state index contributed by atoms with van der Waals surface area (Å²) in [6.07, 6.45) is 1.09. The van der Waals surface area contributed by atoms with Gasteiger partial charge in [0.25, 0.3) is 0 Å². The van der Waals surface area contributed by atoms with E-state index in [1.165, 1.54) is 0 Å². The average molecular weight is 185 g/mol. The third kappa shape index (κ3) is 3.74. The summed E-state index contributed by atoms with van der Waals surface area (Å²) < 4.78 is 0. The quantitative estimate of drug-likeness (QED) is 0.615. The van der Waals surface area contributed by atoms with Gasteiger partial charge in [-0.3, -0.25) is 9.69 Å². The summed E-state index contributed by atoms with van der Waals surface area (Å²) >= 11 is 0. The highest BCUT2D eigenvalue weighted by Crippen LogP contribution is 2.07. The monoisotopic (exact) mass is 185 g/mol. The average Bonchev–Trinajstić information content (AvgIpc) is 2.48. The number of likely N-dealkylation sites (tertiary alicyclic amines) is 1. The van der Waals surface area contributed by atoms with Crippen LogP contribution in [0.3, 0.4) is 0 Å². The molecule has 1 atom stereocenters. The molecule has 1 saturated heterocycles. The van der Waals surface area contributed by atoms with Gasteiger partial charge in [-0.25, -0.2) is 0 Å². The van der Waals surface area contributed by atoms with E-state index < -0.39 is 0 Å². The highest BCUT2D eigenvalue weighted by Gasteiger charge is 2.21. The van der Waals surface area contributed by atoms with Crippen LogP contribution in [0.4, 0.5) is 0 Å². The first-order chi connectivity index (χ1) is 6.22. The molecule has 1 fully saturated rings. The molecule has 1 heterocycles. The van der Waals surface area contributed by atoms with Gasteiger partial charge in [-0.05, 0) is 13.5 Å². The summed E-state index contributed by atoms with van der Waals surface area (Å²) in [6, 6.07) is 0.370. The van der Waals surface area contributed by atoms with Crippen LogP contribution in [-0.2, 0) is 4.79 Å². The van der Waals surface area contributed by atoms with E-state index in [1.54, 1.807) is 6.92 Å². The van der Waals surface area contributed by atoms with Gasteiger partial charge in [0.15, 0.2) is 0 Å². The summed E-state index contributed by atoms with van der Waals surface area (Å²) in [5.41, 5.74) is 0. The Morgan fingerprint density at radius 3 is 3.00 bits per heavy atom. The maximum absolute atomic E-state index is 10.8. The molecule has 0 aromatic rings. The minimum absolute atomic E-state index is 0.0838. The molecule has 13 heavy (non-hydrogen) atoms.